The van der Waals surface area contributed by atoms with Gasteiger partial charge in [-0.05, 0) is 36.8 Å². The molecule has 1 aliphatic heterocycles. The van der Waals surface area contributed by atoms with E-state index in [-0.39, 0.29) is 34.2 Å². The molecule has 1 fully saturated rings. The van der Waals surface area contributed by atoms with Crippen molar-refractivity contribution in [2.75, 3.05) is 26.9 Å². The van der Waals surface area contributed by atoms with Crippen molar-refractivity contribution in [2.24, 2.45) is 5.41 Å². The topological polar surface area (TPSA) is 126 Å². The summed E-state index contributed by atoms with van der Waals surface area (Å²) in [5.41, 5.74) is 1.57. The molecule has 0 radical (unpaired) electrons. The van der Waals surface area contributed by atoms with Crippen LogP contribution in [-0.2, 0) is 15.9 Å². The number of Topliss-reactive ketones (excluding diaryl/α,β-unsaturated/α-hetero) is 1. The van der Waals surface area contributed by atoms with Crippen molar-refractivity contribution in [1.29, 1.82) is 0 Å². The summed E-state index contributed by atoms with van der Waals surface area (Å²) in [4.78, 5) is 37.0. The number of benzene rings is 1. The maximum absolute atomic E-state index is 13.1. The van der Waals surface area contributed by atoms with Crippen molar-refractivity contribution in [3.05, 3.63) is 50.8 Å². The first-order valence-corrected chi connectivity index (χ1v) is 11.0. The fraction of sp³-hybridized carbons (Fsp3) is 0.522. The number of nitrogens with zero attached hydrogens (tertiary/aromatic N) is 3. The number of ether oxygens (including phenoxy) is 2. The predicted molar refractivity (Wildman–Crippen MR) is 119 cm³/mol. The average molecular weight is 456 g/mol. The predicted octanol–water partition coefficient (Wildman–Crippen LogP) is 3.16. The standard InChI is InChI=1S/C23H28N4O6/c1-23(2)12-17-20(18(28)13-23)21(19-5-4-9-33-19)25-26(17)15-7-6-14(11-16(15)27(30)31)22(29)24-8-10-32-3/h6-7,11,19H,4-5,8-10,12-13H2,1-3H3,(H,24,29). The van der Waals surface area contributed by atoms with Crippen molar-refractivity contribution in [3.63, 3.8) is 0 Å². The number of nitro benzene ring substituents is 1. The van der Waals surface area contributed by atoms with E-state index in [0.717, 1.165) is 12.8 Å². The molecule has 2 heterocycles. The Kier molecular flexibility index (Phi) is 6.31. The Hall–Kier alpha value is -3.11. The molecule has 1 atom stereocenters. The van der Waals surface area contributed by atoms with Gasteiger partial charge in [-0.15, -0.1) is 0 Å². The van der Waals surface area contributed by atoms with Crippen LogP contribution in [-0.4, -0.2) is 53.3 Å². The molecule has 1 amide bonds. The van der Waals surface area contributed by atoms with E-state index in [0.29, 0.717) is 49.6 Å². The van der Waals surface area contributed by atoms with Crippen LogP contribution in [0.2, 0.25) is 0 Å². The lowest BCUT2D eigenvalue weighted by Gasteiger charge is -2.29. The molecule has 0 spiro atoms. The lowest BCUT2D eigenvalue weighted by Crippen LogP contribution is -2.28. The number of hydrogen-bond acceptors (Lipinski definition) is 7. The van der Waals surface area contributed by atoms with E-state index in [4.69, 9.17) is 9.47 Å². The third kappa shape index (κ3) is 4.53. The minimum atomic E-state index is -0.531. The third-order valence-corrected chi connectivity index (χ3v) is 6.06. The molecule has 4 rings (SSSR count). The molecule has 2 aliphatic rings. The fourth-order valence-corrected chi connectivity index (χ4v) is 4.55. The summed E-state index contributed by atoms with van der Waals surface area (Å²) in [6.45, 7) is 5.22. The summed E-state index contributed by atoms with van der Waals surface area (Å²) < 4.78 is 12.2. The second-order valence-corrected chi connectivity index (χ2v) is 9.27. The highest BCUT2D eigenvalue weighted by Gasteiger charge is 2.40. The number of aromatic nitrogens is 2. The zero-order valence-electron chi connectivity index (χ0n) is 19.1. The molecule has 0 saturated carbocycles. The SMILES string of the molecule is COCCNC(=O)c1ccc(-n2nc(C3CCCO3)c3c2CC(C)(C)CC3=O)c([N+](=O)[O-])c1. The van der Waals surface area contributed by atoms with Gasteiger partial charge in [-0.1, -0.05) is 13.8 Å². The summed E-state index contributed by atoms with van der Waals surface area (Å²) in [6, 6.07) is 4.29. The van der Waals surface area contributed by atoms with Gasteiger partial charge in [0.25, 0.3) is 11.6 Å². The zero-order valence-corrected chi connectivity index (χ0v) is 19.1. The van der Waals surface area contributed by atoms with E-state index >= 15 is 0 Å². The Morgan fingerprint density at radius 2 is 2.18 bits per heavy atom. The van der Waals surface area contributed by atoms with Crippen molar-refractivity contribution in [3.8, 4) is 5.69 Å². The van der Waals surface area contributed by atoms with E-state index in [1.54, 1.807) is 0 Å². The molecule has 0 bridgehead atoms. The Bertz CT molecular complexity index is 1100. The maximum Gasteiger partial charge on any atom is 0.295 e. The van der Waals surface area contributed by atoms with Gasteiger partial charge in [-0.2, -0.15) is 5.10 Å². The van der Waals surface area contributed by atoms with E-state index in [1.807, 2.05) is 13.8 Å². The lowest BCUT2D eigenvalue weighted by molar-refractivity contribution is -0.384. The van der Waals surface area contributed by atoms with Gasteiger partial charge in [-0.3, -0.25) is 19.7 Å². The van der Waals surface area contributed by atoms with Crippen molar-refractivity contribution in [2.45, 2.75) is 45.6 Å². The van der Waals surface area contributed by atoms with Crippen LogP contribution >= 0.6 is 0 Å². The highest BCUT2D eigenvalue weighted by atomic mass is 16.6. The summed E-state index contributed by atoms with van der Waals surface area (Å²) in [5.74, 6) is -0.449. The van der Waals surface area contributed by atoms with Crippen LogP contribution in [0.15, 0.2) is 18.2 Å². The van der Waals surface area contributed by atoms with Crippen LogP contribution in [0, 0.1) is 15.5 Å². The molecule has 1 aliphatic carbocycles. The number of rotatable bonds is 7. The summed E-state index contributed by atoms with van der Waals surface area (Å²) >= 11 is 0. The highest BCUT2D eigenvalue weighted by Crippen LogP contribution is 2.42. The van der Waals surface area contributed by atoms with Crippen molar-refractivity contribution >= 4 is 17.4 Å². The Morgan fingerprint density at radius 1 is 1.39 bits per heavy atom. The van der Waals surface area contributed by atoms with E-state index in [9.17, 15) is 19.7 Å². The number of ketones is 1. The Labute approximate surface area is 191 Å². The minimum Gasteiger partial charge on any atom is -0.383 e. The van der Waals surface area contributed by atoms with Gasteiger partial charge in [0.05, 0.1) is 22.8 Å². The number of amides is 1. The van der Waals surface area contributed by atoms with E-state index in [1.165, 1.54) is 30.0 Å². The molecule has 1 aromatic carbocycles. The van der Waals surface area contributed by atoms with Crippen LogP contribution in [0.3, 0.4) is 0 Å². The summed E-state index contributed by atoms with van der Waals surface area (Å²) in [6.07, 6.45) is 2.26. The molecule has 10 nitrogen and oxygen atoms in total. The molecule has 10 heteroatoms. The van der Waals surface area contributed by atoms with Gasteiger partial charge in [0.1, 0.15) is 17.5 Å². The first-order chi connectivity index (χ1) is 15.7. The normalized spacial score (nSPS) is 19.4. The first kappa shape index (κ1) is 23.1. The highest BCUT2D eigenvalue weighted by molar-refractivity contribution is 6.00. The van der Waals surface area contributed by atoms with Crippen LogP contribution < -0.4 is 5.32 Å². The molecule has 176 valence electrons. The molecular formula is C23H28N4O6. The van der Waals surface area contributed by atoms with Gasteiger partial charge in [0.15, 0.2) is 5.78 Å². The van der Waals surface area contributed by atoms with Gasteiger partial charge in [-0.25, -0.2) is 4.68 Å². The second-order valence-electron chi connectivity index (χ2n) is 9.27. The molecule has 1 saturated heterocycles. The monoisotopic (exact) mass is 456 g/mol. The second kappa shape index (κ2) is 9.03. The average Bonchev–Trinajstić information content (AvgIpc) is 3.40. The molecular weight excluding hydrogens is 428 g/mol. The first-order valence-electron chi connectivity index (χ1n) is 11.0. The zero-order chi connectivity index (χ0) is 23.8. The molecule has 2 aromatic rings. The van der Waals surface area contributed by atoms with Gasteiger partial charge >= 0.3 is 0 Å². The summed E-state index contributed by atoms with van der Waals surface area (Å²) in [5, 5.41) is 19.3. The molecule has 1 unspecified atom stereocenters. The quantitative estimate of drug-likeness (QED) is 0.385. The number of hydrogen-bond donors (Lipinski definition) is 1. The maximum atomic E-state index is 13.1. The number of methoxy groups -OCH3 is 1. The van der Waals surface area contributed by atoms with Crippen LogP contribution in [0.1, 0.15) is 71.3 Å². The van der Waals surface area contributed by atoms with Gasteiger partial charge in [0.2, 0.25) is 0 Å². The largest absolute Gasteiger partial charge is 0.383 e. The number of nitro groups is 1. The number of fused-ring (bicyclic) bond motifs is 1. The van der Waals surface area contributed by atoms with Crippen LogP contribution in [0.25, 0.3) is 5.69 Å². The smallest absolute Gasteiger partial charge is 0.295 e. The van der Waals surface area contributed by atoms with Crippen LogP contribution in [0.5, 0.6) is 0 Å². The molecule has 33 heavy (non-hydrogen) atoms. The number of carbonyl (C=O) groups excluding carboxylic acids is 2. The van der Waals surface area contributed by atoms with Gasteiger partial charge < -0.3 is 14.8 Å². The lowest BCUT2D eigenvalue weighted by atomic mass is 9.75. The van der Waals surface area contributed by atoms with Crippen LogP contribution in [0.4, 0.5) is 5.69 Å². The Balaban J connectivity index is 1.81. The number of nitrogens with one attached hydrogen (secondary N) is 1. The minimum absolute atomic E-state index is 0.0187. The third-order valence-electron chi connectivity index (χ3n) is 6.06. The molecule has 1 aromatic heterocycles. The fourth-order valence-electron chi connectivity index (χ4n) is 4.55. The van der Waals surface area contributed by atoms with E-state index in [2.05, 4.69) is 10.4 Å². The van der Waals surface area contributed by atoms with Gasteiger partial charge in [0, 0.05) is 38.3 Å². The molecule has 1 N–H and O–H groups in total. The number of carbonyl (C=O) groups is 2. The van der Waals surface area contributed by atoms with Crippen molar-refractivity contribution in [1.82, 2.24) is 15.1 Å². The van der Waals surface area contributed by atoms with Crippen molar-refractivity contribution < 1.29 is 24.0 Å². The Morgan fingerprint density at radius 3 is 2.85 bits per heavy atom. The van der Waals surface area contributed by atoms with E-state index < -0.39 is 10.8 Å². The summed E-state index contributed by atoms with van der Waals surface area (Å²) in [7, 11) is 1.52.